The van der Waals surface area contributed by atoms with Gasteiger partial charge in [0, 0.05) is 32.7 Å². The maximum absolute atomic E-state index is 12.1. The number of carbonyl (C=O) groups is 2. The van der Waals surface area contributed by atoms with Crippen molar-refractivity contribution in [3.8, 4) is 0 Å². The molecule has 0 bridgehead atoms. The summed E-state index contributed by atoms with van der Waals surface area (Å²) in [5, 5.41) is 0. The van der Waals surface area contributed by atoms with Gasteiger partial charge in [-0.25, -0.2) is 4.79 Å². The Labute approximate surface area is 142 Å². The second-order valence-corrected chi connectivity index (χ2v) is 5.62. The first-order valence-corrected chi connectivity index (χ1v) is 7.55. The van der Waals surface area contributed by atoms with Crippen LogP contribution in [0.5, 0.6) is 0 Å². The second-order valence-electron chi connectivity index (χ2n) is 5.62. The molecular weight excluding hydrogens is 336 g/mol. The van der Waals surface area contributed by atoms with Gasteiger partial charge in [0.25, 0.3) is 5.56 Å². The molecule has 0 unspecified atom stereocenters. The molecule has 10 heteroatoms. The quantitative estimate of drug-likeness (QED) is 0.683. The van der Waals surface area contributed by atoms with Crippen LogP contribution >= 0.6 is 0 Å². The highest BCUT2D eigenvalue weighted by Gasteiger charge is 2.49. The zero-order chi connectivity index (χ0) is 18.7. The van der Waals surface area contributed by atoms with Crippen molar-refractivity contribution >= 4 is 11.9 Å². The van der Waals surface area contributed by atoms with Crippen LogP contribution in [0.4, 0.5) is 0 Å². The number of aromatic amines is 1. The van der Waals surface area contributed by atoms with Crippen LogP contribution in [0.2, 0.25) is 0 Å². The molecule has 0 aliphatic carbocycles. The first kappa shape index (κ1) is 18.9. The molecule has 0 amide bonds. The summed E-state index contributed by atoms with van der Waals surface area (Å²) in [5.74, 6) is -1.10. The van der Waals surface area contributed by atoms with Crippen molar-refractivity contribution in [1.29, 1.82) is 0 Å². The fourth-order valence-electron chi connectivity index (χ4n) is 2.63. The van der Waals surface area contributed by atoms with Gasteiger partial charge in [-0.3, -0.25) is 23.9 Å². The van der Waals surface area contributed by atoms with E-state index in [0.717, 1.165) is 4.57 Å². The Morgan fingerprint density at radius 2 is 1.92 bits per heavy atom. The number of nitrogens with one attached hydrogen (secondary N) is 1. The minimum atomic E-state index is -0.974. The summed E-state index contributed by atoms with van der Waals surface area (Å²) in [5.41, 5.74) is -0.913. The number of ether oxygens (including phenoxy) is 4. The highest BCUT2D eigenvalue weighted by Crippen LogP contribution is 2.33. The third-order valence-corrected chi connectivity index (χ3v) is 3.73. The number of H-pyrrole nitrogens is 1. The maximum Gasteiger partial charge on any atom is 0.330 e. The van der Waals surface area contributed by atoms with Crippen LogP contribution in [-0.2, 0) is 28.5 Å². The van der Waals surface area contributed by atoms with E-state index in [4.69, 9.17) is 18.9 Å². The van der Waals surface area contributed by atoms with E-state index in [1.165, 1.54) is 34.1 Å². The van der Waals surface area contributed by atoms with Crippen molar-refractivity contribution in [2.45, 2.75) is 45.3 Å². The van der Waals surface area contributed by atoms with Gasteiger partial charge in [-0.1, -0.05) is 0 Å². The largest absolute Gasteiger partial charge is 0.463 e. The van der Waals surface area contributed by atoms with Crippen molar-refractivity contribution in [1.82, 2.24) is 9.55 Å². The zero-order valence-electron chi connectivity index (χ0n) is 14.3. The van der Waals surface area contributed by atoms with Gasteiger partial charge < -0.3 is 18.9 Å². The number of carbonyl (C=O) groups excluding carboxylic acids is 2. The first-order chi connectivity index (χ1) is 11.7. The van der Waals surface area contributed by atoms with Gasteiger partial charge in [0.2, 0.25) is 0 Å². The smallest absolute Gasteiger partial charge is 0.330 e. The van der Waals surface area contributed by atoms with Gasteiger partial charge in [0.15, 0.2) is 12.3 Å². The van der Waals surface area contributed by atoms with E-state index >= 15 is 0 Å². The van der Waals surface area contributed by atoms with Crippen molar-refractivity contribution in [2.75, 3.05) is 13.7 Å². The number of nitrogens with zero attached hydrogens (tertiary/aromatic N) is 1. The lowest BCUT2D eigenvalue weighted by molar-refractivity contribution is -0.157. The van der Waals surface area contributed by atoms with Crippen molar-refractivity contribution < 1.29 is 28.5 Å². The molecule has 1 aliphatic rings. The molecule has 0 aromatic carbocycles. The van der Waals surface area contributed by atoms with E-state index in [0.29, 0.717) is 5.56 Å². The Bertz CT molecular complexity index is 768. The van der Waals surface area contributed by atoms with E-state index in [2.05, 4.69) is 4.98 Å². The van der Waals surface area contributed by atoms with Gasteiger partial charge in [0.1, 0.15) is 18.8 Å². The molecule has 1 saturated heterocycles. The molecule has 1 fully saturated rings. The van der Waals surface area contributed by atoms with E-state index in [1.54, 1.807) is 0 Å². The lowest BCUT2D eigenvalue weighted by Crippen LogP contribution is -2.41. The van der Waals surface area contributed by atoms with Crippen LogP contribution in [0.15, 0.2) is 15.8 Å². The summed E-state index contributed by atoms with van der Waals surface area (Å²) in [6.07, 6.45) is -2.21. The number of hydrogen-bond acceptors (Lipinski definition) is 8. The molecule has 25 heavy (non-hydrogen) atoms. The van der Waals surface area contributed by atoms with Gasteiger partial charge in [-0.05, 0) is 6.92 Å². The zero-order valence-corrected chi connectivity index (χ0v) is 14.3. The van der Waals surface area contributed by atoms with E-state index in [1.807, 2.05) is 0 Å². The number of rotatable bonds is 5. The molecule has 0 radical (unpaired) electrons. The highest BCUT2D eigenvalue weighted by molar-refractivity contribution is 5.66. The molecule has 2 heterocycles. The molecule has 1 aromatic heterocycles. The van der Waals surface area contributed by atoms with Crippen LogP contribution in [0.1, 0.15) is 25.6 Å². The third kappa shape index (κ3) is 4.15. The van der Waals surface area contributed by atoms with Gasteiger partial charge in [-0.2, -0.15) is 0 Å². The fraction of sp³-hybridized carbons (Fsp3) is 0.600. The molecule has 2 rings (SSSR count). The predicted molar refractivity (Wildman–Crippen MR) is 83.0 cm³/mol. The summed E-state index contributed by atoms with van der Waals surface area (Å²) in [6, 6.07) is 0. The Balaban J connectivity index is 2.39. The van der Waals surface area contributed by atoms with E-state index in [9.17, 15) is 19.2 Å². The molecule has 1 aromatic rings. The van der Waals surface area contributed by atoms with Crippen LogP contribution < -0.4 is 11.2 Å². The molecule has 0 saturated carbocycles. The number of hydrogen-bond donors (Lipinski definition) is 1. The monoisotopic (exact) mass is 356 g/mol. The Kier molecular flexibility index (Phi) is 5.75. The second kappa shape index (κ2) is 7.62. The maximum atomic E-state index is 12.1. The number of aromatic nitrogens is 2. The minimum Gasteiger partial charge on any atom is -0.463 e. The number of esters is 2. The average Bonchev–Trinajstić information content (AvgIpc) is 2.85. The van der Waals surface area contributed by atoms with Crippen molar-refractivity contribution in [3.63, 3.8) is 0 Å². The summed E-state index contributed by atoms with van der Waals surface area (Å²) >= 11 is 0. The third-order valence-electron chi connectivity index (χ3n) is 3.73. The summed E-state index contributed by atoms with van der Waals surface area (Å²) in [7, 11) is 1.37. The Morgan fingerprint density at radius 1 is 1.24 bits per heavy atom. The first-order valence-electron chi connectivity index (χ1n) is 7.55. The lowest BCUT2D eigenvalue weighted by Gasteiger charge is -2.23. The van der Waals surface area contributed by atoms with Crippen molar-refractivity contribution in [3.05, 3.63) is 32.6 Å². The molecule has 1 N–H and O–H groups in total. The van der Waals surface area contributed by atoms with Crippen LogP contribution in [-0.4, -0.2) is 53.5 Å². The van der Waals surface area contributed by atoms with Gasteiger partial charge >= 0.3 is 17.6 Å². The molecular formula is C15H20N2O8. The minimum absolute atomic E-state index is 0.180. The number of aryl methyl sites for hydroxylation is 1. The average molecular weight is 356 g/mol. The summed E-state index contributed by atoms with van der Waals surface area (Å²) in [6.45, 7) is 3.81. The van der Waals surface area contributed by atoms with Crippen LogP contribution in [0, 0.1) is 6.92 Å². The predicted octanol–water partition coefficient (Wildman–Crippen LogP) is -0.748. The van der Waals surface area contributed by atoms with E-state index in [-0.39, 0.29) is 6.61 Å². The Hall–Kier alpha value is -2.46. The molecule has 10 nitrogen and oxygen atoms in total. The lowest BCUT2D eigenvalue weighted by atomic mass is 10.1. The highest BCUT2D eigenvalue weighted by atomic mass is 16.6. The molecule has 4 atom stereocenters. The van der Waals surface area contributed by atoms with E-state index < -0.39 is 47.7 Å². The Morgan fingerprint density at radius 3 is 2.48 bits per heavy atom. The standard InChI is InChI=1S/C15H20N2O8/c1-7-5-17(15(21)16-13(7)20)14-12(22-4)11(24-9(3)19)10(25-14)6-23-8(2)18/h5,10-12,14H,6H2,1-4H3,(H,16,20,21)/t10-,11-,12+,14-/m1/s1. The summed E-state index contributed by atoms with van der Waals surface area (Å²) in [4.78, 5) is 48.3. The van der Waals surface area contributed by atoms with Crippen LogP contribution in [0.25, 0.3) is 0 Å². The van der Waals surface area contributed by atoms with Crippen LogP contribution in [0.3, 0.4) is 0 Å². The topological polar surface area (TPSA) is 126 Å². The molecule has 1 aliphatic heterocycles. The summed E-state index contributed by atoms with van der Waals surface area (Å²) < 4.78 is 22.4. The van der Waals surface area contributed by atoms with Crippen molar-refractivity contribution in [2.24, 2.45) is 0 Å². The number of methoxy groups -OCH3 is 1. The molecule has 138 valence electrons. The van der Waals surface area contributed by atoms with Gasteiger partial charge in [0.05, 0.1) is 0 Å². The SMILES string of the molecule is CO[C@H]1[C@H](OC(C)=O)[C@@H](COC(C)=O)O[C@H]1n1cc(C)c(=O)[nH]c1=O. The van der Waals surface area contributed by atoms with Gasteiger partial charge in [-0.15, -0.1) is 0 Å². The fourth-order valence-corrected chi connectivity index (χ4v) is 2.63. The molecule has 0 spiro atoms. The normalized spacial score (nSPS) is 25.6.